The van der Waals surface area contributed by atoms with Gasteiger partial charge in [-0.1, -0.05) is 43.7 Å². The third kappa shape index (κ3) is 3.67. The first-order chi connectivity index (χ1) is 15.8. The van der Waals surface area contributed by atoms with E-state index in [1.54, 1.807) is 14.2 Å². The molecule has 1 atom stereocenters. The minimum Gasteiger partial charge on any atom is -0.497 e. The number of aryl methyl sites for hydroxylation is 1. The molecule has 7 heteroatoms. The van der Waals surface area contributed by atoms with Crippen LogP contribution in [0.25, 0.3) is 11.4 Å². The van der Waals surface area contributed by atoms with Crippen molar-refractivity contribution in [3.05, 3.63) is 64.9 Å². The van der Waals surface area contributed by atoms with Gasteiger partial charge in [0.05, 0.1) is 14.2 Å². The number of hydrogen-bond donors (Lipinski definition) is 1. The van der Waals surface area contributed by atoms with Gasteiger partial charge in [-0.2, -0.15) is 4.98 Å². The molecule has 1 aliphatic carbocycles. The molecule has 0 saturated carbocycles. The van der Waals surface area contributed by atoms with Gasteiger partial charge in [0.1, 0.15) is 17.5 Å². The zero-order valence-electron chi connectivity index (χ0n) is 19.6. The van der Waals surface area contributed by atoms with E-state index in [0.29, 0.717) is 35.3 Å². The van der Waals surface area contributed by atoms with Crippen molar-refractivity contribution < 1.29 is 14.3 Å². The van der Waals surface area contributed by atoms with Crippen LogP contribution >= 0.6 is 0 Å². The lowest BCUT2D eigenvalue weighted by Crippen LogP contribution is -2.36. The number of benzene rings is 2. The number of methoxy groups -OCH3 is 2. The molecule has 5 rings (SSSR count). The summed E-state index contributed by atoms with van der Waals surface area (Å²) in [5.41, 5.74) is 4.40. The van der Waals surface area contributed by atoms with Crippen LogP contribution in [0.1, 0.15) is 43.9 Å². The lowest BCUT2D eigenvalue weighted by atomic mass is 9.73. The van der Waals surface area contributed by atoms with Gasteiger partial charge in [0.2, 0.25) is 5.95 Å². The molecule has 1 N–H and O–H groups in total. The molecule has 0 saturated heterocycles. The number of carbonyl (C=O) groups excluding carboxylic acids is 1. The second-order valence-electron chi connectivity index (χ2n) is 9.54. The Balaban J connectivity index is 1.72. The maximum absolute atomic E-state index is 13.5. The van der Waals surface area contributed by atoms with Crippen LogP contribution in [0.4, 0.5) is 5.95 Å². The highest BCUT2D eigenvalue weighted by molar-refractivity contribution is 6.00. The summed E-state index contributed by atoms with van der Waals surface area (Å²) < 4.78 is 13.0. The lowest BCUT2D eigenvalue weighted by molar-refractivity contribution is -0.118. The zero-order chi connectivity index (χ0) is 23.3. The van der Waals surface area contributed by atoms with Gasteiger partial charge in [0.25, 0.3) is 0 Å². The van der Waals surface area contributed by atoms with E-state index in [0.717, 1.165) is 23.2 Å². The minimum atomic E-state index is -0.461. The van der Waals surface area contributed by atoms with Crippen molar-refractivity contribution >= 4 is 11.7 Å². The minimum absolute atomic E-state index is 0.113. The summed E-state index contributed by atoms with van der Waals surface area (Å²) in [6.45, 7) is 6.29. The second-order valence-corrected chi connectivity index (χ2v) is 9.54. The number of allylic oxidation sites excluding steroid dienone is 2. The summed E-state index contributed by atoms with van der Waals surface area (Å²) in [7, 11) is 3.26. The number of nitrogens with zero attached hydrogens (tertiary/aromatic N) is 3. The van der Waals surface area contributed by atoms with Crippen molar-refractivity contribution in [2.24, 2.45) is 5.41 Å². The number of aromatic nitrogens is 3. The predicted octanol–water partition coefficient (Wildman–Crippen LogP) is 4.93. The lowest BCUT2D eigenvalue weighted by Gasteiger charge is -2.38. The first-order valence-electron chi connectivity index (χ1n) is 11.1. The van der Waals surface area contributed by atoms with E-state index in [1.807, 2.05) is 54.1 Å². The van der Waals surface area contributed by atoms with Crippen LogP contribution in [-0.2, 0) is 4.79 Å². The average Bonchev–Trinajstić information content (AvgIpc) is 3.20. The Labute approximate surface area is 193 Å². The fourth-order valence-electron chi connectivity index (χ4n) is 4.77. The number of ketones is 1. The molecule has 0 amide bonds. The van der Waals surface area contributed by atoms with Crippen LogP contribution in [0.2, 0.25) is 0 Å². The number of Topliss-reactive ketones (excluding diaryl/α,β-unsaturated/α-hetero) is 1. The third-order valence-corrected chi connectivity index (χ3v) is 6.37. The highest BCUT2D eigenvalue weighted by Gasteiger charge is 2.42. The topological polar surface area (TPSA) is 78.3 Å². The van der Waals surface area contributed by atoms with Gasteiger partial charge in [0, 0.05) is 28.8 Å². The zero-order valence-corrected chi connectivity index (χ0v) is 19.6. The van der Waals surface area contributed by atoms with Gasteiger partial charge in [-0.3, -0.25) is 4.79 Å². The molecule has 0 spiro atoms. The summed E-state index contributed by atoms with van der Waals surface area (Å²) in [5, 5.41) is 8.29. The van der Waals surface area contributed by atoms with Crippen molar-refractivity contribution in [2.75, 3.05) is 19.5 Å². The van der Waals surface area contributed by atoms with Crippen molar-refractivity contribution in [2.45, 2.75) is 39.7 Å². The van der Waals surface area contributed by atoms with Gasteiger partial charge in [-0.05, 0) is 37.0 Å². The molecule has 1 unspecified atom stereocenters. The van der Waals surface area contributed by atoms with Crippen molar-refractivity contribution in [3.8, 4) is 22.9 Å². The number of carbonyl (C=O) groups is 1. The van der Waals surface area contributed by atoms with Crippen LogP contribution in [-0.4, -0.2) is 34.8 Å². The molecule has 0 radical (unpaired) electrons. The second kappa shape index (κ2) is 7.76. The Morgan fingerprint density at radius 2 is 1.82 bits per heavy atom. The molecule has 170 valence electrons. The quantitative estimate of drug-likeness (QED) is 0.615. The molecule has 1 aliphatic heterocycles. The summed E-state index contributed by atoms with van der Waals surface area (Å²) in [4.78, 5) is 18.3. The van der Waals surface area contributed by atoms with Gasteiger partial charge >= 0.3 is 0 Å². The molecule has 7 nitrogen and oxygen atoms in total. The Hall–Kier alpha value is -3.61. The van der Waals surface area contributed by atoms with Crippen LogP contribution in [0.15, 0.2) is 53.7 Å². The van der Waals surface area contributed by atoms with E-state index in [2.05, 4.69) is 19.2 Å². The Morgan fingerprint density at radius 3 is 2.52 bits per heavy atom. The molecule has 0 fully saturated rings. The third-order valence-electron chi connectivity index (χ3n) is 6.37. The molecule has 2 aliphatic rings. The van der Waals surface area contributed by atoms with E-state index in [9.17, 15) is 4.79 Å². The van der Waals surface area contributed by atoms with Gasteiger partial charge < -0.3 is 14.8 Å². The summed E-state index contributed by atoms with van der Waals surface area (Å²) >= 11 is 0. The molecule has 2 heterocycles. The predicted molar refractivity (Wildman–Crippen MR) is 127 cm³/mol. The SMILES string of the molecule is COc1ccc(OC)c(C2C3=C(CC(C)(C)CC3=O)Nc3nc(-c4ccc(C)cc4)nn32)c1. The summed E-state index contributed by atoms with van der Waals surface area (Å²) in [5.74, 6) is 2.70. The first-order valence-corrected chi connectivity index (χ1v) is 11.1. The van der Waals surface area contributed by atoms with Crippen molar-refractivity contribution in [3.63, 3.8) is 0 Å². The molecule has 0 bridgehead atoms. The monoisotopic (exact) mass is 444 g/mol. The van der Waals surface area contributed by atoms with Crippen LogP contribution in [0, 0.1) is 12.3 Å². The van der Waals surface area contributed by atoms with E-state index in [4.69, 9.17) is 19.6 Å². The number of anilines is 1. The molecule has 1 aromatic heterocycles. The summed E-state index contributed by atoms with van der Waals surface area (Å²) in [6.07, 6.45) is 1.23. The van der Waals surface area contributed by atoms with E-state index >= 15 is 0 Å². The fourth-order valence-corrected chi connectivity index (χ4v) is 4.77. The number of fused-ring (bicyclic) bond motifs is 1. The highest BCUT2D eigenvalue weighted by Crippen LogP contribution is 2.47. The highest BCUT2D eigenvalue weighted by atomic mass is 16.5. The van der Waals surface area contributed by atoms with Gasteiger partial charge in [-0.25, -0.2) is 4.68 Å². The van der Waals surface area contributed by atoms with E-state index in [-0.39, 0.29) is 11.2 Å². The average molecular weight is 445 g/mol. The normalized spacial score (nSPS) is 18.9. The van der Waals surface area contributed by atoms with Crippen molar-refractivity contribution in [1.29, 1.82) is 0 Å². The molecular formula is C26H28N4O3. The number of ether oxygens (including phenoxy) is 2. The number of nitrogens with one attached hydrogen (secondary N) is 1. The fraction of sp³-hybridized carbons (Fsp3) is 0.346. The van der Waals surface area contributed by atoms with Gasteiger partial charge in [0.15, 0.2) is 11.6 Å². The molecular weight excluding hydrogens is 416 g/mol. The first kappa shape index (κ1) is 21.2. The Morgan fingerprint density at radius 1 is 1.06 bits per heavy atom. The Kier molecular flexibility index (Phi) is 5.00. The number of rotatable bonds is 4. The van der Waals surface area contributed by atoms with E-state index in [1.165, 1.54) is 5.56 Å². The molecule has 2 aromatic carbocycles. The van der Waals surface area contributed by atoms with Gasteiger partial charge in [-0.15, -0.1) is 5.10 Å². The Bertz CT molecular complexity index is 1270. The smallest absolute Gasteiger partial charge is 0.226 e. The maximum atomic E-state index is 13.5. The van der Waals surface area contributed by atoms with Crippen molar-refractivity contribution in [1.82, 2.24) is 14.8 Å². The summed E-state index contributed by atoms with van der Waals surface area (Å²) in [6, 6.07) is 13.3. The molecule has 33 heavy (non-hydrogen) atoms. The van der Waals surface area contributed by atoms with Crippen LogP contribution < -0.4 is 14.8 Å². The standard InChI is InChI=1S/C26H28N4O3/c1-15-6-8-16(9-7-15)24-28-25-27-19-13-26(2,3)14-20(31)22(19)23(30(25)29-24)18-12-17(32-4)10-11-21(18)33-5/h6-12,23H,13-14H2,1-5H3,(H,27,28,29). The number of hydrogen-bond acceptors (Lipinski definition) is 6. The largest absolute Gasteiger partial charge is 0.497 e. The molecule has 3 aromatic rings. The van der Waals surface area contributed by atoms with Crippen LogP contribution in [0.5, 0.6) is 11.5 Å². The maximum Gasteiger partial charge on any atom is 0.226 e. The van der Waals surface area contributed by atoms with E-state index < -0.39 is 6.04 Å². The van der Waals surface area contributed by atoms with Crippen LogP contribution in [0.3, 0.4) is 0 Å².